The van der Waals surface area contributed by atoms with Crippen molar-refractivity contribution in [2.75, 3.05) is 4.90 Å². The average molecular weight is 359 g/mol. The maximum atomic E-state index is 13.9. The largest absolute Gasteiger partial charge is 0.480 e. The summed E-state index contributed by atoms with van der Waals surface area (Å²) >= 11 is 0. The number of aliphatic carboxylic acids is 1. The van der Waals surface area contributed by atoms with Gasteiger partial charge in [-0.3, -0.25) is 0 Å². The monoisotopic (exact) mass is 359 g/mol. The zero-order valence-electron chi connectivity index (χ0n) is 14.1. The van der Waals surface area contributed by atoms with Crippen LogP contribution in [-0.2, 0) is 4.79 Å². The van der Waals surface area contributed by atoms with Gasteiger partial charge in [0, 0.05) is 11.6 Å². The maximum Gasteiger partial charge on any atom is 0.327 e. The van der Waals surface area contributed by atoms with Crippen LogP contribution < -0.4 is 4.90 Å². The highest BCUT2D eigenvalue weighted by Crippen LogP contribution is 2.54. The van der Waals surface area contributed by atoms with E-state index in [9.17, 15) is 24.8 Å². The number of hydrogen-bond acceptors (Lipinski definition) is 4. The quantitative estimate of drug-likeness (QED) is 0.889. The Kier molecular flexibility index (Phi) is 3.71. The van der Waals surface area contributed by atoms with Gasteiger partial charge in [-0.1, -0.05) is 42.5 Å². The summed E-state index contributed by atoms with van der Waals surface area (Å²) in [7, 11) is 0. The summed E-state index contributed by atoms with van der Waals surface area (Å²) in [5.74, 6) is -2.71. The zero-order chi connectivity index (χ0) is 19.2. The molecule has 0 bridgehead atoms. The molecule has 0 aromatic heterocycles. The van der Waals surface area contributed by atoms with Crippen LogP contribution in [0.4, 0.5) is 10.1 Å². The van der Waals surface area contributed by atoms with Gasteiger partial charge in [-0.25, -0.2) is 9.18 Å². The van der Waals surface area contributed by atoms with E-state index in [2.05, 4.69) is 12.1 Å². The lowest BCUT2D eigenvalue weighted by molar-refractivity contribution is -0.138. The lowest BCUT2D eigenvalue weighted by atomic mass is 9.70. The average Bonchev–Trinajstić information content (AvgIpc) is 2.99. The van der Waals surface area contributed by atoms with Crippen molar-refractivity contribution in [2.45, 2.75) is 18.0 Å². The first-order chi connectivity index (χ1) is 13.0. The predicted octanol–water partition coefficient (Wildman–Crippen LogP) is 3.31. The van der Waals surface area contributed by atoms with Gasteiger partial charge in [0.2, 0.25) is 0 Å². The second-order valence-electron chi connectivity index (χ2n) is 6.68. The fourth-order valence-corrected chi connectivity index (χ4v) is 4.29. The van der Waals surface area contributed by atoms with Crippen molar-refractivity contribution in [1.29, 1.82) is 10.5 Å². The van der Waals surface area contributed by atoms with Gasteiger partial charge < -0.3 is 10.0 Å². The van der Waals surface area contributed by atoms with Gasteiger partial charge in [-0.2, -0.15) is 10.5 Å². The van der Waals surface area contributed by atoms with Crippen LogP contribution in [0, 0.1) is 33.9 Å². The number of nitrogens with zero attached hydrogens (tertiary/aromatic N) is 3. The van der Waals surface area contributed by atoms with E-state index in [0.717, 1.165) is 5.56 Å². The Balaban J connectivity index is 2.01. The van der Waals surface area contributed by atoms with Crippen LogP contribution >= 0.6 is 0 Å². The zero-order valence-corrected chi connectivity index (χ0v) is 14.1. The Bertz CT molecular complexity index is 1040. The first-order valence-electron chi connectivity index (χ1n) is 8.40. The van der Waals surface area contributed by atoms with E-state index >= 15 is 0 Å². The van der Waals surface area contributed by atoms with E-state index in [1.54, 1.807) is 35.3 Å². The summed E-state index contributed by atoms with van der Waals surface area (Å²) < 4.78 is 13.9. The number of hydrogen-bond donors (Lipinski definition) is 1. The van der Waals surface area contributed by atoms with E-state index < -0.39 is 35.2 Å². The lowest BCUT2D eigenvalue weighted by Crippen LogP contribution is -2.44. The minimum Gasteiger partial charge on any atom is -0.480 e. The summed E-state index contributed by atoms with van der Waals surface area (Å²) in [4.78, 5) is 13.9. The molecule has 27 heavy (non-hydrogen) atoms. The van der Waals surface area contributed by atoms with Crippen LogP contribution in [0.1, 0.15) is 17.0 Å². The fraction of sp³-hybridized carbons (Fsp3) is 0.190. The van der Waals surface area contributed by atoms with Crippen LogP contribution in [-0.4, -0.2) is 23.2 Å². The molecule has 1 saturated heterocycles. The smallest absolute Gasteiger partial charge is 0.327 e. The Hall–Kier alpha value is -3.64. The van der Waals surface area contributed by atoms with Crippen LogP contribution in [0.2, 0.25) is 0 Å². The molecule has 0 amide bonds. The molecule has 2 aromatic carbocycles. The van der Waals surface area contributed by atoms with Crippen LogP contribution in [0.25, 0.3) is 6.08 Å². The molecular formula is C21H14FN3O2. The van der Waals surface area contributed by atoms with Crippen molar-refractivity contribution >= 4 is 17.7 Å². The fourth-order valence-electron chi connectivity index (χ4n) is 4.29. The Morgan fingerprint density at radius 1 is 1.15 bits per heavy atom. The second kappa shape index (κ2) is 5.96. The molecule has 6 heteroatoms. The summed E-state index contributed by atoms with van der Waals surface area (Å²) in [6.45, 7) is 0. The molecule has 2 aromatic rings. The first-order valence-corrected chi connectivity index (χ1v) is 8.40. The van der Waals surface area contributed by atoms with Gasteiger partial charge >= 0.3 is 5.97 Å². The van der Waals surface area contributed by atoms with Crippen LogP contribution in [0.15, 0.2) is 54.6 Å². The van der Waals surface area contributed by atoms with Crippen LogP contribution in [0.5, 0.6) is 0 Å². The first kappa shape index (κ1) is 16.8. The van der Waals surface area contributed by atoms with Crippen molar-refractivity contribution in [2.24, 2.45) is 5.41 Å². The number of carbonyl (C=O) groups is 1. The SMILES string of the molecule is N#CC1(C#N)[C@H](c2cccc(F)c2)[C@H](C(=O)O)N2c3ccccc3C=C[C@H]21. The molecule has 132 valence electrons. The molecule has 1 N–H and O–H groups in total. The topological polar surface area (TPSA) is 88.1 Å². The molecule has 5 nitrogen and oxygen atoms in total. The Morgan fingerprint density at radius 2 is 1.89 bits per heavy atom. The van der Waals surface area contributed by atoms with Crippen molar-refractivity contribution < 1.29 is 14.3 Å². The van der Waals surface area contributed by atoms with E-state index in [4.69, 9.17) is 0 Å². The number of carboxylic acids is 1. The van der Waals surface area contributed by atoms with Gasteiger partial charge in [0.1, 0.15) is 11.9 Å². The van der Waals surface area contributed by atoms with E-state index in [0.29, 0.717) is 11.3 Å². The number of anilines is 1. The molecule has 0 spiro atoms. The normalized spacial score (nSPS) is 24.4. The number of rotatable bonds is 2. The molecule has 0 aliphatic carbocycles. The second-order valence-corrected chi connectivity index (χ2v) is 6.68. The van der Waals surface area contributed by atoms with Crippen molar-refractivity contribution in [3.05, 3.63) is 71.6 Å². The van der Waals surface area contributed by atoms with Crippen LogP contribution in [0.3, 0.4) is 0 Å². The molecule has 0 unspecified atom stereocenters. The predicted molar refractivity (Wildman–Crippen MR) is 96.0 cm³/mol. The molecule has 2 heterocycles. The third-order valence-electron chi connectivity index (χ3n) is 5.38. The highest BCUT2D eigenvalue weighted by Gasteiger charge is 2.63. The van der Waals surface area contributed by atoms with Gasteiger partial charge in [-0.05, 0) is 29.3 Å². The molecule has 1 fully saturated rings. The number of carboxylic acid groups (broad SMARTS) is 1. The maximum absolute atomic E-state index is 13.9. The molecule has 2 aliphatic heterocycles. The van der Waals surface area contributed by atoms with Gasteiger partial charge in [0.15, 0.2) is 5.41 Å². The van der Waals surface area contributed by atoms with Gasteiger partial charge in [0.25, 0.3) is 0 Å². The van der Waals surface area contributed by atoms with Crippen molar-refractivity contribution in [1.82, 2.24) is 0 Å². The molecule has 0 radical (unpaired) electrons. The Morgan fingerprint density at radius 3 is 2.56 bits per heavy atom. The van der Waals surface area contributed by atoms with Gasteiger partial charge in [-0.15, -0.1) is 0 Å². The molecule has 0 saturated carbocycles. The minimum atomic E-state index is -1.67. The van der Waals surface area contributed by atoms with E-state index in [1.165, 1.54) is 18.2 Å². The highest BCUT2D eigenvalue weighted by molar-refractivity contribution is 5.87. The third-order valence-corrected chi connectivity index (χ3v) is 5.38. The van der Waals surface area contributed by atoms with E-state index in [-0.39, 0.29) is 0 Å². The molecule has 2 aliphatic rings. The van der Waals surface area contributed by atoms with Crippen molar-refractivity contribution in [3.8, 4) is 12.1 Å². The molecule has 4 rings (SSSR count). The van der Waals surface area contributed by atoms with E-state index in [1.807, 2.05) is 12.1 Å². The third kappa shape index (κ3) is 2.24. The lowest BCUT2D eigenvalue weighted by Gasteiger charge is -2.34. The van der Waals surface area contributed by atoms with Crippen molar-refractivity contribution in [3.63, 3.8) is 0 Å². The summed E-state index contributed by atoms with van der Waals surface area (Å²) in [5.41, 5.74) is 0.113. The molecular weight excluding hydrogens is 345 g/mol. The number of nitriles is 2. The number of para-hydroxylation sites is 1. The highest BCUT2D eigenvalue weighted by atomic mass is 19.1. The number of fused-ring (bicyclic) bond motifs is 3. The number of benzene rings is 2. The summed E-state index contributed by atoms with van der Waals surface area (Å²) in [5, 5.41) is 30.0. The van der Waals surface area contributed by atoms with Gasteiger partial charge in [0.05, 0.1) is 18.2 Å². The summed E-state index contributed by atoms with van der Waals surface area (Å²) in [6, 6.07) is 14.9. The minimum absolute atomic E-state index is 0.325. The summed E-state index contributed by atoms with van der Waals surface area (Å²) in [6.07, 6.45) is 3.50. The Labute approximate surface area is 155 Å². The number of halogens is 1. The molecule has 3 atom stereocenters. The standard InChI is InChI=1S/C21H14FN3O2/c22-15-6-3-5-14(10-15)18-19(20(26)27)25-16-7-2-1-4-13(16)8-9-17(25)21(18,11-23)12-24/h1-10,17-19H,(H,26,27)/t17-,18+,19+/m0/s1.